The quantitative estimate of drug-likeness (QED) is 0.794. The van der Waals surface area contributed by atoms with Crippen molar-refractivity contribution in [1.82, 2.24) is 14.1 Å². The van der Waals surface area contributed by atoms with E-state index in [0.717, 1.165) is 18.9 Å². The zero-order chi connectivity index (χ0) is 18.2. The predicted molar refractivity (Wildman–Crippen MR) is 91.9 cm³/mol. The van der Waals surface area contributed by atoms with Crippen molar-refractivity contribution in [3.63, 3.8) is 0 Å². The van der Waals surface area contributed by atoms with Gasteiger partial charge in [-0.15, -0.1) is 0 Å². The van der Waals surface area contributed by atoms with Crippen LogP contribution in [0, 0.1) is 11.7 Å². The minimum atomic E-state index is -3.74. The largest absolute Gasteiger partial charge is 0.348 e. The van der Waals surface area contributed by atoms with Crippen molar-refractivity contribution >= 4 is 15.9 Å². The summed E-state index contributed by atoms with van der Waals surface area (Å²) in [4.78, 5) is 15.6. The fourth-order valence-corrected chi connectivity index (χ4v) is 5.41. The standard InChI is InChI=1S/C17H24FN3O3S/c1-19(2)17(22)12-20-9-13-6-7-15(11-20)21(10-13)25(23,24)16-5-3-4-14(18)8-16/h3-5,8,13,15H,6-7,9-12H2,1-2H3/t13-,15+/m1/s1. The molecule has 1 aromatic rings. The minimum Gasteiger partial charge on any atom is -0.348 e. The lowest BCUT2D eigenvalue weighted by Gasteiger charge is -2.35. The van der Waals surface area contributed by atoms with Gasteiger partial charge in [0.05, 0.1) is 11.4 Å². The third-order valence-corrected chi connectivity index (χ3v) is 6.91. The molecule has 0 radical (unpaired) electrons. The Morgan fingerprint density at radius 1 is 1.24 bits per heavy atom. The van der Waals surface area contributed by atoms with Crippen molar-refractivity contribution < 1.29 is 17.6 Å². The van der Waals surface area contributed by atoms with Crippen LogP contribution >= 0.6 is 0 Å². The molecule has 1 aromatic carbocycles. The summed E-state index contributed by atoms with van der Waals surface area (Å²) in [5.41, 5.74) is 0. The summed E-state index contributed by atoms with van der Waals surface area (Å²) in [6, 6.07) is 4.98. The lowest BCUT2D eigenvalue weighted by Crippen LogP contribution is -2.47. The van der Waals surface area contributed by atoms with Crippen LogP contribution in [-0.4, -0.2) is 74.7 Å². The summed E-state index contributed by atoms with van der Waals surface area (Å²) in [6.07, 6.45) is 1.72. The zero-order valence-corrected chi connectivity index (χ0v) is 15.4. The van der Waals surface area contributed by atoms with E-state index in [0.29, 0.717) is 26.2 Å². The first-order valence-corrected chi connectivity index (χ1v) is 9.91. The molecule has 1 amide bonds. The first-order valence-electron chi connectivity index (χ1n) is 8.47. The minimum absolute atomic E-state index is 0.00373. The summed E-state index contributed by atoms with van der Waals surface area (Å²) in [5.74, 6) is -0.350. The van der Waals surface area contributed by atoms with Crippen molar-refractivity contribution in [3.8, 4) is 0 Å². The Hall–Kier alpha value is -1.51. The summed E-state index contributed by atoms with van der Waals surface area (Å²) in [5, 5.41) is 0. The number of piperidine rings is 1. The second-order valence-corrected chi connectivity index (χ2v) is 9.00. The zero-order valence-electron chi connectivity index (χ0n) is 14.6. The number of halogens is 1. The normalized spacial score (nSPS) is 24.9. The van der Waals surface area contributed by atoms with Gasteiger partial charge in [-0.1, -0.05) is 6.07 Å². The van der Waals surface area contributed by atoms with E-state index in [1.807, 2.05) is 4.90 Å². The molecule has 3 aliphatic heterocycles. The van der Waals surface area contributed by atoms with E-state index in [9.17, 15) is 17.6 Å². The maximum atomic E-state index is 13.5. The summed E-state index contributed by atoms with van der Waals surface area (Å²) < 4.78 is 41.0. The number of rotatable bonds is 4. The molecule has 0 saturated carbocycles. The Morgan fingerprint density at radius 3 is 2.68 bits per heavy atom. The third kappa shape index (κ3) is 3.86. The molecule has 2 bridgehead atoms. The van der Waals surface area contributed by atoms with Crippen molar-refractivity contribution in [2.75, 3.05) is 40.3 Å². The van der Waals surface area contributed by atoms with Gasteiger partial charge in [-0.3, -0.25) is 9.69 Å². The molecule has 138 valence electrons. The maximum absolute atomic E-state index is 13.5. The maximum Gasteiger partial charge on any atom is 0.243 e. The first-order chi connectivity index (χ1) is 11.8. The highest BCUT2D eigenvalue weighted by molar-refractivity contribution is 7.89. The number of benzene rings is 1. The fraction of sp³-hybridized carbons (Fsp3) is 0.588. The number of hydrogen-bond acceptors (Lipinski definition) is 4. The number of carbonyl (C=O) groups is 1. The summed E-state index contributed by atoms with van der Waals surface area (Å²) >= 11 is 0. The molecule has 0 aromatic heterocycles. The molecule has 25 heavy (non-hydrogen) atoms. The molecule has 2 atom stereocenters. The van der Waals surface area contributed by atoms with Gasteiger partial charge in [0.1, 0.15) is 5.82 Å². The Kier molecular flexibility index (Phi) is 5.13. The molecule has 3 heterocycles. The average molecular weight is 369 g/mol. The third-order valence-electron chi connectivity index (χ3n) is 5.00. The molecule has 8 heteroatoms. The Bertz CT molecular complexity index is 753. The SMILES string of the molecule is CN(C)C(=O)CN1C[C@H]2CC[C@@H](C1)N(S(=O)(=O)c1cccc(F)c1)C2. The monoisotopic (exact) mass is 369 g/mol. The number of amides is 1. The second-order valence-electron chi connectivity index (χ2n) is 7.11. The van der Waals surface area contributed by atoms with E-state index in [4.69, 9.17) is 0 Å². The number of carbonyl (C=O) groups excluding carboxylic acids is 1. The number of nitrogens with zero attached hydrogens (tertiary/aromatic N) is 3. The summed E-state index contributed by atoms with van der Waals surface area (Å²) in [6.45, 7) is 1.97. The van der Waals surface area contributed by atoms with E-state index in [-0.39, 0.29) is 22.8 Å². The molecule has 6 nitrogen and oxygen atoms in total. The highest BCUT2D eigenvalue weighted by Gasteiger charge is 2.41. The van der Waals surface area contributed by atoms with Gasteiger partial charge in [-0.2, -0.15) is 4.31 Å². The van der Waals surface area contributed by atoms with Crippen LogP contribution in [0.5, 0.6) is 0 Å². The van der Waals surface area contributed by atoms with E-state index in [2.05, 4.69) is 0 Å². The Morgan fingerprint density at radius 2 is 2.00 bits per heavy atom. The molecular formula is C17H24FN3O3S. The molecule has 4 rings (SSSR count). The van der Waals surface area contributed by atoms with Crippen LogP contribution in [0.15, 0.2) is 29.2 Å². The molecule has 0 aliphatic carbocycles. The van der Waals surface area contributed by atoms with E-state index >= 15 is 0 Å². The van der Waals surface area contributed by atoms with Crippen molar-refractivity contribution in [1.29, 1.82) is 0 Å². The number of fused-ring (bicyclic) bond motifs is 4. The molecule has 0 N–H and O–H groups in total. The first kappa shape index (κ1) is 18.3. The summed E-state index contributed by atoms with van der Waals surface area (Å²) in [7, 11) is -0.300. The predicted octanol–water partition coefficient (Wildman–Crippen LogP) is 0.999. The second kappa shape index (κ2) is 7.01. The Labute approximate surface area is 148 Å². The highest BCUT2D eigenvalue weighted by atomic mass is 32.2. The van der Waals surface area contributed by atoms with Gasteiger partial charge in [0, 0.05) is 39.8 Å². The van der Waals surface area contributed by atoms with Gasteiger partial charge in [0.15, 0.2) is 0 Å². The van der Waals surface area contributed by atoms with Crippen LogP contribution in [0.3, 0.4) is 0 Å². The van der Waals surface area contributed by atoms with E-state index in [1.165, 1.54) is 22.5 Å². The van der Waals surface area contributed by atoms with Gasteiger partial charge < -0.3 is 4.90 Å². The van der Waals surface area contributed by atoms with Crippen LogP contribution in [-0.2, 0) is 14.8 Å². The van der Waals surface area contributed by atoms with Crippen LogP contribution in [0.2, 0.25) is 0 Å². The van der Waals surface area contributed by atoms with Crippen molar-refractivity contribution in [2.24, 2.45) is 5.92 Å². The van der Waals surface area contributed by atoms with E-state index in [1.54, 1.807) is 19.0 Å². The van der Waals surface area contributed by atoms with Crippen LogP contribution in [0.1, 0.15) is 12.8 Å². The lowest BCUT2D eigenvalue weighted by molar-refractivity contribution is -0.129. The van der Waals surface area contributed by atoms with Gasteiger partial charge >= 0.3 is 0 Å². The van der Waals surface area contributed by atoms with Gasteiger partial charge in [0.25, 0.3) is 0 Å². The number of sulfonamides is 1. The smallest absolute Gasteiger partial charge is 0.243 e. The number of hydrogen-bond donors (Lipinski definition) is 0. The van der Waals surface area contributed by atoms with Crippen LogP contribution in [0.4, 0.5) is 4.39 Å². The average Bonchev–Trinajstić information content (AvgIpc) is 2.85. The lowest BCUT2D eigenvalue weighted by atomic mass is 9.97. The van der Waals surface area contributed by atoms with Gasteiger partial charge in [0.2, 0.25) is 15.9 Å². The molecule has 0 unspecified atom stereocenters. The van der Waals surface area contributed by atoms with Gasteiger partial charge in [-0.05, 0) is 37.0 Å². The van der Waals surface area contributed by atoms with E-state index < -0.39 is 15.8 Å². The van der Waals surface area contributed by atoms with Crippen molar-refractivity contribution in [2.45, 2.75) is 23.8 Å². The highest BCUT2D eigenvalue weighted by Crippen LogP contribution is 2.32. The molecular weight excluding hydrogens is 345 g/mol. The molecule has 3 saturated heterocycles. The molecule has 3 fully saturated rings. The molecule has 3 aliphatic rings. The fourth-order valence-electron chi connectivity index (χ4n) is 3.66. The Balaban J connectivity index is 1.82. The van der Waals surface area contributed by atoms with Crippen LogP contribution in [0.25, 0.3) is 0 Å². The van der Waals surface area contributed by atoms with Crippen molar-refractivity contribution in [3.05, 3.63) is 30.1 Å². The number of likely N-dealkylation sites (N-methyl/N-ethyl adjacent to an activating group) is 1. The van der Waals surface area contributed by atoms with Crippen LogP contribution < -0.4 is 0 Å². The topological polar surface area (TPSA) is 60.9 Å². The van der Waals surface area contributed by atoms with Gasteiger partial charge in [-0.25, -0.2) is 12.8 Å². The molecule has 0 spiro atoms.